The van der Waals surface area contributed by atoms with Crippen LogP contribution in [0.1, 0.15) is 48.0 Å². The van der Waals surface area contributed by atoms with Crippen LogP contribution in [-0.2, 0) is 39.2 Å². The number of hydrogen-bond acceptors (Lipinski definition) is 8. The third-order valence-electron chi connectivity index (χ3n) is 7.36. The molecule has 1 fully saturated rings. The number of aryl methyl sites for hydroxylation is 1. The van der Waals surface area contributed by atoms with Crippen LogP contribution in [0.3, 0.4) is 0 Å². The zero-order valence-corrected chi connectivity index (χ0v) is 26.2. The smallest absolute Gasteiger partial charge is 0.325 e. The predicted octanol–water partition coefficient (Wildman–Crippen LogP) is 5.28. The molecule has 1 aromatic heterocycles. The van der Waals surface area contributed by atoms with Gasteiger partial charge in [0, 0.05) is 43.7 Å². The highest BCUT2D eigenvalue weighted by Crippen LogP contribution is 2.40. The van der Waals surface area contributed by atoms with E-state index in [4.69, 9.17) is 14.2 Å². The number of rotatable bonds is 12. The van der Waals surface area contributed by atoms with Gasteiger partial charge in [-0.2, -0.15) is 0 Å². The topological polar surface area (TPSA) is 124 Å². The molecule has 236 valence electrons. The molecule has 3 N–H and O–H groups in total. The lowest BCUT2D eigenvalue weighted by atomic mass is 9.99. The number of ether oxygens (including phenoxy) is 3. The van der Waals surface area contributed by atoms with Gasteiger partial charge in [-0.05, 0) is 46.9 Å². The number of benzene rings is 3. The maximum Gasteiger partial charge on any atom is 0.325 e. The fourth-order valence-electron chi connectivity index (χ4n) is 5.02. The number of amides is 2. The minimum atomic E-state index is -0.582. The van der Waals surface area contributed by atoms with Crippen molar-refractivity contribution in [2.24, 2.45) is 7.05 Å². The summed E-state index contributed by atoms with van der Waals surface area (Å²) < 4.78 is 19.9. The van der Waals surface area contributed by atoms with Crippen molar-refractivity contribution in [2.75, 3.05) is 18.9 Å². The van der Waals surface area contributed by atoms with Crippen LogP contribution in [0, 0.1) is 0 Å². The molecule has 1 saturated heterocycles. The molecule has 0 radical (unpaired) electrons. The van der Waals surface area contributed by atoms with Gasteiger partial charge >= 0.3 is 12.0 Å². The van der Waals surface area contributed by atoms with E-state index in [-0.39, 0.29) is 32.0 Å². The molecule has 1 aliphatic heterocycles. The molecule has 4 aromatic rings. The fraction of sp³-hybridized carbons (Fsp3) is 0.324. The first-order chi connectivity index (χ1) is 21.9. The summed E-state index contributed by atoms with van der Waals surface area (Å²) in [5, 5.41) is 15.7. The third-order valence-corrected chi connectivity index (χ3v) is 8.55. The van der Waals surface area contributed by atoms with E-state index in [1.807, 2.05) is 84.5 Å². The summed E-state index contributed by atoms with van der Waals surface area (Å²) in [6.45, 7) is 2.08. The van der Waals surface area contributed by atoms with E-state index >= 15 is 0 Å². The van der Waals surface area contributed by atoms with Crippen LogP contribution in [-0.4, -0.2) is 51.7 Å². The van der Waals surface area contributed by atoms with Crippen molar-refractivity contribution in [1.29, 1.82) is 0 Å². The van der Waals surface area contributed by atoms with E-state index in [0.29, 0.717) is 13.0 Å². The van der Waals surface area contributed by atoms with Gasteiger partial charge in [-0.1, -0.05) is 72.4 Å². The Bertz CT molecular complexity index is 1580. The van der Waals surface area contributed by atoms with E-state index in [1.165, 1.54) is 0 Å². The summed E-state index contributed by atoms with van der Waals surface area (Å²) in [5.74, 6) is 0.238. The van der Waals surface area contributed by atoms with Gasteiger partial charge in [0.25, 0.3) is 0 Å². The average molecular weight is 631 g/mol. The number of carbonyl (C=O) groups is 2. The quantitative estimate of drug-likeness (QED) is 0.143. The Morgan fingerprint density at radius 1 is 1.00 bits per heavy atom. The minimum Gasteiger partial charge on any atom is -0.465 e. The lowest BCUT2D eigenvalue weighted by molar-refractivity contribution is -0.245. The van der Waals surface area contributed by atoms with Gasteiger partial charge in [0.2, 0.25) is 0 Å². The van der Waals surface area contributed by atoms with Crippen LogP contribution in [0.25, 0.3) is 11.1 Å². The first-order valence-electron chi connectivity index (χ1n) is 14.9. The van der Waals surface area contributed by atoms with Crippen molar-refractivity contribution < 1.29 is 28.9 Å². The molecule has 3 aromatic carbocycles. The van der Waals surface area contributed by atoms with Crippen LogP contribution >= 0.6 is 11.8 Å². The first-order valence-corrected chi connectivity index (χ1v) is 15.9. The molecule has 10 nitrogen and oxygen atoms in total. The number of nitrogens with zero attached hydrogens (tertiary/aromatic N) is 2. The largest absolute Gasteiger partial charge is 0.465 e. The Morgan fingerprint density at radius 3 is 2.51 bits per heavy atom. The molecule has 2 heterocycles. The van der Waals surface area contributed by atoms with Crippen LogP contribution in [0.4, 0.5) is 4.79 Å². The van der Waals surface area contributed by atoms with Crippen LogP contribution in [0.2, 0.25) is 0 Å². The highest BCUT2D eigenvalue weighted by molar-refractivity contribution is 7.99. The van der Waals surface area contributed by atoms with E-state index in [2.05, 4.69) is 21.7 Å². The first kappa shape index (κ1) is 32.2. The lowest BCUT2D eigenvalue weighted by Crippen LogP contribution is -2.38. The Labute approximate surface area is 267 Å². The Balaban J connectivity index is 1.29. The number of nitrogens with one attached hydrogen (secondary N) is 2. The van der Waals surface area contributed by atoms with Gasteiger partial charge in [-0.3, -0.25) is 4.79 Å². The maximum absolute atomic E-state index is 12.1. The molecule has 5 rings (SSSR count). The minimum absolute atomic E-state index is 0.00674. The molecule has 2 amide bonds. The summed E-state index contributed by atoms with van der Waals surface area (Å²) in [5.41, 5.74) is 5.67. The van der Waals surface area contributed by atoms with Crippen LogP contribution in [0.5, 0.6) is 0 Å². The Hall–Kier alpha value is -4.16. The van der Waals surface area contributed by atoms with Gasteiger partial charge < -0.3 is 34.5 Å². The zero-order valence-electron chi connectivity index (χ0n) is 25.3. The molecule has 3 atom stereocenters. The number of imidazole rings is 1. The number of urea groups is 1. The third kappa shape index (κ3) is 8.95. The van der Waals surface area contributed by atoms with Crippen molar-refractivity contribution in [2.45, 2.75) is 50.2 Å². The van der Waals surface area contributed by atoms with Crippen molar-refractivity contribution in [3.8, 4) is 11.1 Å². The number of thioether (sulfide) groups is 1. The Kier molecular flexibility index (Phi) is 11.3. The summed E-state index contributed by atoms with van der Waals surface area (Å²) in [6.07, 6.45) is 3.56. The van der Waals surface area contributed by atoms with Gasteiger partial charge in [0.15, 0.2) is 11.4 Å². The molecule has 0 unspecified atom stereocenters. The van der Waals surface area contributed by atoms with Crippen LogP contribution < -0.4 is 10.6 Å². The monoisotopic (exact) mass is 630 g/mol. The van der Waals surface area contributed by atoms with E-state index in [9.17, 15) is 14.7 Å². The van der Waals surface area contributed by atoms with E-state index < -0.39 is 18.3 Å². The average Bonchev–Trinajstić information content (AvgIpc) is 3.50. The summed E-state index contributed by atoms with van der Waals surface area (Å²) >= 11 is 1.66. The number of aliphatic hydroxyl groups excluding tert-OH is 1. The maximum atomic E-state index is 12.1. The molecular weight excluding hydrogens is 592 g/mol. The number of carbonyl (C=O) groups excluding carboxylic acids is 2. The second kappa shape index (κ2) is 15.7. The molecule has 45 heavy (non-hydrogen) atoms. The SMILES string of the molecule is CCOC(=O)CNC(=O)NCc1cccc(-c2cccc([C@@H]3O[C@H](CSc4nccn4C)C[C@H](c4ccc(CO)cc4)O3)c2)c1. The van der Waals surface area contributed by atoms with E-state index in [1.54, 1.807) is 24.9 Å². The number of aromatic nitrogens is 2. The highest BCUT2D eigenvalue weighted by Gasteiger charge is 2.32. The fourth-order valence-corrected chi connectivity index (χ4v) is 5.97. The standard InChI is InChI=1S/C34H38N4O6S/c1-3-42-31(40)20-37-33(41)36-19-24-6-4-7-26(16-24)27-8-5-9-28(17-27)32-43-29(22-45-34-35-14-15-38(34)2)18-30(44-32)25-12-10-23(21-39)11-13-25/h4-17,29-30,32,39H,3,18-22H2,1-2H3,(H2,36,37,41)/t29-,30+,32+/m0/s1. The second-order valence-electron chi connectivity index (χ2n) is 10.6. The number of aliphatic hydroxyl groups is 1. The summed E-state index contributed by atoms with van der Waals surface area (Å²) in [7, 11) is 1.98. The van der Waals surface area contributed by atoms with Gasteiger partial charge in [-0.25, -0.2) is 9.78 Å². The summed E-state index contributed by atoms with van der Waals surface area (Å²) in [6, 6.07) is 23.4. The molecular formula is C34H38N4O6S. The summed E-state index contributed by atoms with van der Waals surface area (Å²) in [4.78, 5) is 28.1. The van der Waals surface area contributed by atoms with Crippen molar-refractivity contribution in [3.63, 3.8) is 0 Å². The second-order valence-corrected chi connectivity index (χ2v) is 11.6. The molecule has 0 spiro atoms. The molecule has 0 bridgehead atoms. The van der Waals surface area contributed by atoms with E-state index in [0.717, 1.165) is 44.3 Å². The Morgan fingerprint density at radius 2 is 1.78 bits per heavy atom. The lowest BCUT2D eigenvalue weighted by Gasteiger charge is -2.36. The highest BCUT2D eigenvalue weighted by atomic mass is 32.2. The molecule has 1 aliphatic rings. The molecule has 11 heteroatoms. The van der Waals surface area contributed by atoms with Crippen molar-refractivity contribution in [1.82, 2.24) is 20.2 Å². The predicted molar refractivity (Wildman–Crippen MR) is 171 cm³/mol. The van der Waals surface area contributed by atoms with Gasteiger partial charge in [-0.15, -0.1) is 0 Å². The number of esters is 1. The van der Waals surface area contributed by atoms with Gasteiger partial charge in [0.05, 0.1) is 25.4 Å². The van der Waals surface area contributed by atoms with Crippen molar-refractivity contribution >= 4 is 23.8 Å². The number of hydrogen-bond donors (Lipinski definition) is 3. The van der Waals surface area contributed by atoms with Gasteiger partial charge in [0.1, 0.15) is 6.54 Å². The molecule has 0 aliphatic carbocycles. The molecule has 0 saturated carbocycles. The van der Waals surface area contributed by atoms with Crippen molar-refractivity contribution in [3.05, 3.63) is 107 Å². The zero-order chi connectivity index (χ0) is 31.6. The van der Waals surface area contributed by atoms with Crippen LogP contribution in [0.15, 0.2) is 90.3 Å². The normalized spacial score (nSPS) is 17.9.